The van der Waals surface area contributed by atoms with Crippen LogP contribution in [0.4, 0.5) is 0 Å². The number of aryl methyl sites for hydroxylation is 1. The summed E-state index contributed by atoms with van der Waals surface area (Å²) >= 11 is 0. The first kappa shape index (κ1) is 56.2. The fourth-order valence-electron chi connectivity index (χ4n) is 15.6. The van der Waals surface area contributed by atoms with Crippen LogP contribution in [0, 0.1) is 72.4 Å². The molecule has 1 aromatic rings. The highest BCUT2D eigenvalue weighted by molar-refractivity contribution is 5.76. The number of phenolic OH excluding ortho intramolecular Hbond substituents is 1. The lowest BCUT2D eigenvalue weighted by molar-refractivity contribution is -0.207. The largest absolute Gasteiger partial charge is 0.512 e. The molecular formula is C56H96O7. The first-order chi connectivity index (χ1) is 27.4. The lowest BCUT2D eigenvalue weighted by Gasteiger charge is -2.69. The van der Waals surface area contributed by atoms with Gasteiger partial charge in [-0.1, -0.05) is 192 Å². The number of aromatic hydroxyl groups is 1. The van der Waals surface area contributed by atoms with Gasteiger partial charge in [-0.3, -0.25) is 9.59 Å². The van der Waals surface area contributed by atoms with Crippen LogP contribution in [0.3, 0.4) is 0 Å². The Hall–Kier alpha value is -2.96. The third-order valence-electron chi connectivity index (χ3n) is 15.1. The Kier molecular flexibility index (Phi) is 14.9. The van der Waals surface area contributed by atoms with E-state index in [2.05, 4.69) is 180 Å². The van der Waals surface area contributed by atoms with Crippen LogP contribution < -0.4 is 0 Å². The van der Waals surface area contributed by atoms with E-state index in [1.54, 1.807) is 0 Å². The van der Waals surface area contributed by atoms with E-state index in [1.165, 1.54) is 0 Å². The van der Waals surface area contributed by atoms with Gasteiger partial charge in [0.05, 0.1) is 16.9 Å². The van der Waals surface area contributed by atoms with Gasteiger partial charge in [0.15, 0.2) is 0 Å². The second-order valence-electron chi connectivity index (χ2n) is 28.6. The van der Waals surface area contributed by atoms with E-state index < -0.39 is 39.0 Å². The third kappa shape index (κ3) is 10.4. The summed E-state index contributed by atoms with van der Waals surface area (Å²) in [7, 11) is 0. The Bertz CT molecular complexity index is 1820. The molecule has 0 heterocycles. The Morgan fingerprint density at radius 3 is 1.00 bits per heavy atom. The molecule has 3 rings (SSSR count). The highest BCUT2D eigenvalue weighted by Gasteiger charge is 2.72. The van der Waals surface area contributed by atoms with Crippen molar-refractivity contribution < 1.29 is 35.1 Å². The second kappa shape index (κ2) is 16.7. The van der Waals surface area contributed by atoms with Crippen molar-refractivity contribution in [3.63, 3.8) is 0 Å². The maximum Gasteiger partial charge on any atom is 0.310 e. The molecule has 0 aliphatic heterocycles. The van der Waals surface area contributed by atoms with Crippen molar-refractivity contribution >= 4 is 11.9 Å². The first-order valence-corrected chi connectivity index (χ1v) is 23.6. The molecule has 0 bridgehead atoms. The van der Waals surface area contributed by atoms with E-state index in [0.29, 0.717) is 23.7 Å². The van der Waals surface area contributed by atoms with Crippen molar-refractivity contribution in [1.82, 2.24) is 0 Å². The Balaban J connectivity index is 0.000000569. The standard InChI is InChI=1S/C39H70O4.C17H26O3/c1-31(2,3)24-22(40)25(32(4,5)6)36(15,16)28(35(24,13)14)39(21,30(42)43)29-37(17,18)26(33(7,8)9)23(41)27(34(10,11)12)38(29,19)20;1-16(2,3)12-9-11(7-8-14(18)19)10-13(15(12)20)17(4,5)6/h24,26,28-29,40-41H,1-21H3,(H,42,43);9-10,20H,7-8H2,1-6H3,(H,18,19). The van der Waals surface area contributed by atoms with E-state index in [-0.39, 0.29) is 62.6 Å². The van der Waals surface area contributed by atoms with Crippen molar-refractivity contribution in [2.45, 2.75) is 211 Å². The van der Waals surface area contributed by atoms with E-state index in [9.17, 15) is 30.0 Å². The SMILES string of the molecule is CC(C)(C)C1=C(O)C(C(C)(C)C)C(C)(C)C(C(C)(C(=O)O)C2C(C)(C)C(C(C)(C)C)=C(O)C(C(C)(C)C)C2(C)C)C1(C)C.CC(C)(C)c1cc(CCC(=O)O)cc(C(C)(C)C)c1O. The second-order valence-corrected chi connectivity index (χ2v) is 28.6. The van der Waals surface area contributed by atoms with Gasteiger partial charge >= 0.3 is 11.9 Å². The first-order valence-electron chi connectivity index (χ1n) is 23.6. The molecule has 7 nitrogen and oxygen atoms in total. The van der Waals surface area contributed by atoms with Gasteiger partial charge in [-0.05, 0) is 107 Å². The van der Waals surface area contributed by atoms with Crippen LogP contribution in [0.1, 0.15) is 210 Å². The van der Waals surface area contributed by atoms with Gasteiger partial charge in [0.1, 0.15) is 5.75 Å². The Morgan fingerprint density at radius 2 is 0.794 bits per heavy atom. The summed E-state index contributed by atoms with van der Waals surface area (Å²) in [6.07, 6.45) is 0.597. The van der Waals surface area contributed by atoms with Crippen molar-refractivity contribution in [2.75, 3.05) is 0 Å². The van der Waals surface area contributed by atoms with Crippen LogP contribution in [0.5, 0.6) is 5.75 Å². The van der Waals surface area contributed by atoms with Gasteiger partial charge in [0, 0.05) is 18.3 Å². The number of carboxylic acid groups (broad SMARTS) is 2. The zero-order chi connectivity index (χ0) is 50.4. The minimum Gasteiger partial charge on any atom is -0.512 e. The molecule has 63 heavy (non-hydrogen) atoms. The number of benzene rings is 1. The summed E-state index contributed by atoms with van der Waals surface area (Å²) in [6, 6.07) is 3.88. The van der Waals surface area contributed by atoms with Gasteiger partial charge in [-0.25, -0.2) is 0 Å². The van der Waals surface area contributed by atoms with Crippen molar-refractivity contribution in [1.29, 1.82) is 0 Å². The number of phenols is 1. The van der Waals surface area contributed by atoms with Crippen LogP contribution in [0.25, 0.3) is 0 Å². The van der Waals surface area contributed by atoms with Gasteiger partial charge in [-0.15, -0.1) is 0 Å². The minimum absolute atomic E-state index is 0.109. The van der Waals surface area contributed by atoms with Crippen LogP contribution in [0.15, 0.2) is 34.8 Å². The molecule has 0 aromatic heterocycles. The molecule has 0 fully saturated rings. The maximum absolute atomic E-state index is 14.4. The zero-order valence-electron chi connectivity index (χ0n) is 45.4. The molecule has 2 aliphatic rings. The van der Waals surface area contributed by atoms with Gasteiger partial charge in [-0.2, -0.15) is 0 Å². The maximum atomic E-state index is 14.4. The van der Waals surface area contributed by atoms with Crippen LogP contribution in [-0.2, 0) is 26.8 Å². The number of aliphatic hydroxyl groups excluding tert-OH is 2. The number of hydrogen-bond donors (Lipinski definition) is 5. The number of aliphatic hydroxyl groups is 2. The summed E-state index contributed by atoms with van der Waals surface area (Å²) < 4.78 is 0. The highest BCUT2D eigenvalue weighted by Crippen LogP contribution is 2.74. The monoisotopic (exact) mass is 881 g/mol. The van der Waals surface area contributed by atoms with E-state index in [4.69, 9.17) is 5.11 Å². The summed E-state index contributed by atoms with van der Waals surface area (Å²) in [6.45, 7) is 57.8. The molecule has 0 radical (unpaired) electrons. The van der Waals surface area contributed by atoms with Gasteiger partial charge < -0.3 is 25.5 Å². The Morgan fingerprint density at radius 1 is 0.508 bits per heavy atom. The molecule has 362 valence electrons. The van der Waals surface area contributed by atoms with Gasteiger partial charge in [0.2, 0.25) is 0 Å². The highest BCUT2D eigenvalue weighted by atomic mass is 16.4. The summed E-state index contributed by atoms with van der Waals surface area (Å²) in [5, 5.41) is 55.6. The van der Waals surface area contributed by atoms with Crippen molar-refractivity contribution in [3.8, 4) is 5.75 Å². The average molecular weight is 881 g/mol. The molecule has 4 unspecified atom stereocenters. The van der Waals surface area contributed by atoms with Crippen LogP contribution >= 0.6 is 0 Å². The summed E-state index contributed by atoms with van der Waals surface area (Å²) in [5.74, 6) is -1.57. The lowest BCUT2D eigenvalue weighted by atomic mass is 9.34. The fourth-order valence-corrected chi connectivity index (χ4v) is 15.6. The topological polar surface area (TPSA) is 135 Å². The number of carbonyl (C=O) groups is 2. The predicted molar refractivity (Wildman–Crippen MR) is 263 cm³/mol. The number of rotatable bonds is 6. The number of aliphatic carboxylic acids is 2. The normalized spacial score (nSPS) is 25.2. The van der Waals surface area contributed by atoms with Crippen LogP contribution in [-0.4, -0.2) is 37.5 Å². The average Bonchev–Trinajstić information content (AvgIpc) is 2.94. The number of allylic oxidation sites excluding steroid dienone is 4. The van der Waals surface area contributed by atoms with E-state index in [0.717, 1.165) is 27.8 Å². The molecule has 0 spiro atoms. The molecule has 0 saturated carbocycles. The molecular weight excluding hydrogens is 785 g/mol. The quantitative estimate of drug-likeness (QED) is 0.192. The van der Waals surface area contributed by atoms with Crippen molar-refractivity contribution in [2.24, 2.45) is 72.4 Å². The van der Waals surface area contributed by atoms with E-state index in [1.807, 2.05) is 19.1 Å². The molecule has 0 amide bonds. The Labute approximate surface area is 386 Å². The number of carboxylic acids is 2. The summed E-state index contributed by atoms with van der Waals surface area (Å²) in [5.41, 5.74) is -0.734. The lowest BCUT2D eigenvalue weighted by Crippen LogP contribution is -2.67. The zero-order valence-corrected chi connectivity index (χ0v) is 45.4. The molecule has 0 saturated heterocycles. The van der Waals surface area contributed by atoms with Crippen LogP contribution in [0.2, 0.25) is 0 Å². The van der Waals surface area contributed by atoms with Gasteiger partial charge in [0.25, 0.3) is 0 Å². The van der Waals surface area contributed by atoms with Crippen molar-refractivity contribution in [3.05, 3.63) is 51.5 Å². The van der Waals surface area contributed by atoms with E-state index >= 15 is 0 Å². The minimum atomic E-state index is -1.23. The molecule has 7 heteroatoms. The predicted octanol–water partition coefficient (Wildman–Crippen LogP) is 15.5. The molecule has 4 atom stereocenters. The fraction of sp³-hybridized carbons (Fsp3) is 0.786. The molecule has 5 N–H and O–H groups in total. The smallest absolute Gasteiger partial charge is 0.310 e. The third-order valence-corrected chi connectivity index (χ3v) is 15.1. The number of hydrogen-bond acceptors (Lipinski definition) is 5. The molecule has 1 aromatic carbocycles. The summed E-state index contributed by atoms with van der Waals surface area (Å²) in [4.78, 5) is 25.2. The molecule has 2 aliphatic carbocycles.